The lowest BCUT2D eigenvalue weighted by Crippen LogP contribution is -2.40. The minimum atomic E-state index is -3.29. The van der Waals surface area contributed by atoms with Crippen LogP contribution in [0.3, 0.4) is 0 Å². The van der Waals surface area contributed by atoms with E-state index in [0.29, 0.717) is 18.5 Å². The molecule has 0 aromatic heterocycles. The number of alkyl halides is 2. The third-order valence-corrected chi connectivity index (χ3v) is 4.29. The summed E-state index contributed by atoms with van der Waals surface area (Å²) < 4.78 is 30.6. The Balaban J connectivity index is 1.75. The van der Waals surface area contributed by atoms with E-state index in [9.17, 15) is 13.6 Å². The fraction of sp³-hybridized carbons (Fsp3) is 0.923. The van der Waals surface area contributed by atoms with E-state index in [1.165, 1.54) is 6.42 Å². The Morgan fingerprint density at radius 2 is 2.06 bits per heavy atom. The van der Waals surface area contributed by atoms with Crippen LogP contribution in [-0.2, 0) is 9.53 Å². The molecule has 1 N–H and O–H groups in total. The van der Waals surface area contributed by atoms with E-state index in [4.69, 9.17) is 0 Å². The summed E-state index contributed by atoms with van der Waals surface area (Å²) in [5.41, 5.74) is 0. The molecule has 1 saturated carbocycles. The van der Waals surface area contributed by atoms with E-state index >= 15 is 0 Å². The summed E-state index contributed by atoms with van der Waals surface area (Å²) in [5, 5.41) is 3.26. The van der Waals surface area contributed by atoms with Gasteiger partial charge in [-0.2, -0.15) is 8.78 Å². The van der Waals surface area contributed by atoms with Crippen molar-refractivity contribution in [2.45, 2.75) is 57.6 Å². The molecule has 1 heterocycles. The van der Waals surface area contributed by atoms with Crippen LogP contribution in [0.25, 0.3) is 0 Å². The minimum absolute atomic E-state index is 0.340. The highest BCUT2D eigenvalue weighted by molar-refractivity contribution is 5.79. The second kappa shape index (κ2) is 5.11. The van der Waals surface area contributed by atoms with Crippen molar-refractivity contribution in [2.75, 3.05) is 6.54 Å². The normalized spacial score (nSPS) is 39.7. The van der Waals surface area contributed by atoms with Crippen LogP contribution in [0, 0.1) is 11.8 Å². The van der Waals surface area contributed by atoms with E-state index in [1.54, 1.807) is 0 Å². The number of hydrogen-bond acceptors (Lipinski definition) is 3. The number of rotatable bonds is 3. The zero-order valence-electron chi connectivity index (χ0n) is 10.9. The summed E-state index contributed by atoms with van der Waals surface area (Å²) in [5.74, 6) is -3.28. The van der Waals surface area contributed by atoms with E-state index in [1.807, 2.05) is 0 Å². The summed E-state index contributed by atoms with van der Waals surface area (Å²) in [4.78, 5) is 10.9. The molecule has 0 aromatic rings. The number of nitrogens with one attached hydrogen (secondary N) is 1. The Hall–Kier alpha value is -0.710. The van der Waals surface area contributed by atoms with Gasteiger partial charge in [0.2, 0.25) is 0 Å². The van der Waals surface area contributed by atoms with Gasteiger partial charge in [0, 0.05) is 12.6 Å². The number of hydrogen-bond donors (Lipinski definition) is 1. The molecule has 2 fully saturated rings. The molecule has 1 aliphatic carbocycles. The monoisotopic (exact) mass is 261 g/mol. The zero-order valence-corrected chi connectivity index (χ0v) is 10.9. The Kier molecular flexibility index (Phi) is 3.90. The molecule has 0 spiro atoms. The van der Waals surface area contributed by atoms with Gasteiger partial charge in [-0.05, 0) is 31.1 Å². The predicted molar refractivity (Wildman–Crippen MR) is 63.4 cm³/mol. The fourth-order valence-electron chi connectivity index (χ4n) is 2.79. The number of cyclic esters (lactones) is 1. The van der Waals surface area contributed by atoms with Gasteiger partial charge in [-0.1, -0.05) is 13.8 Å². The molecular formula is C13H21F2NO2. The third-order valence-electron chi connectivity index (χ3n) is 4.29. The van der Waals surface area contributed by atoms with Gasteiger partial charge in [0.05, 0.1) is 6.42 Å². The van der Waals surface area contributed by atoms with Crippen molar-refractivity contribution in [2.24, 2.45) is 11.8 Å². The van der Waals surface area contributed by atoms with E-state index < -0.39 is 24.4 Å². The second-order valence-electron chi connectivity index (χ2n) is 5.81. The Morgan fingerprint density at radius 1 is 1.33 bits per heavy atom. The molecule has 0 bridgehead atoms. The van der Waals surface area contributed by atoms with E-state index in [0.717, 1.165) is 18.8 Å². The van der Waals surface area contributed by atoms with Crippen molar-refractivity contribution in [3.8, 4) is 0 Å². The molecule has 3 nitrogen and oxygen atoms in total. The fourth-order valence-corrected chi connectivity index (χ4v) is 2.79. The molecule has 104 valence electrons. The first kappa shape index (κ1) is 13.7. The molecule has 1 aliphatic heterocycles. The van der Waals surface area contributed by atoms with Crippen LogP contribution in [0.15, 0.2) is 0 Å². The van der Waals surface area contributed by atoms with Gasteiger partial charge < -0.3 is 10.1 Å². The Bertz CT molecular complexity index is 322. The zero-order chi connectivity index (χ0) is 13.3. The molecule has 4 unspecified atom stereocenters. The van der Waals surface area contributed by atoms with Gasteiger partial charge in [-0.3, -0.25) is 0 Å². The second-order valence-corrected chi connectivity index (χ2v) is 5.81. The van der Waals surface area contributed by atoms with Crippen molar-refractivity contribution in [3.63, 3.8) is 0 Å². The van der Waals surface area contributed by atoms with Crippen molar-refractivity contribution in [3.05, 3.63) is 0 Å². The lowest BCUT2D eigenvalue weighted by Gasteiger charge is -2.33. The van der Waals surface area contributed by atoms with Crippen LogP contribution in [0.2, 0.25) is 0 Å². The number of ether oxygens (including phenoxy) is 1. The van der Waals surface area contributed by atoms with Crippen LogP contribution < -0.4 is 5.32 Å². The number of esters is 1. The molecule has 0 aromatic carbocycles. The first-order chi connectivity index (χ1) is 8.38. The number of carbonyl (C=O) groups excluding carboxylic acids is 1. The highest BCUT2D eigenvalue weighted by Gasteiger charge is 2.50. The summed E-state index contributed by atoms with van der Waals surface area (Å²) in [6.45, 7) is 4.82. The maximum Gasteiger partial charge on any atom is 0.377 e. The van der Waals surface area contributed by atoms with Crippen molar-refractivity contribution >= 4 is 5.97 Å². The predicted octanol–water partition coefficient (Wildman–Crippen LogP) is 2.35. The lowest BCUT2D eigenvalue weighted by molar-refractivity contribution is -0.159. The van der Waals surface area contributed by atoms with Gasteiger partial charge >= 0.3 is 11.9 Å². The summed E-state index contributed by atoms with van der Waals surface area (Å²) in [7, 11) is 0. The number of halogens is 2. The van der Waals surface area contributed by atoms with Crippen molar-refractivity contribution in [1.82, 2.24) is 5.32 Å². The van der Waals surface area contributed by atoms with Gasteiger partial charge in [0.1, 0.15) is 6.10 Å². The topological polar surface area (TPSA) is 38.3 Å². The largest absolute Gasteiger partial charge is 0.456 e. The maximum absolute atomic E-state index is 13.0. The van der Waals surface area contributed by atoms with Crippen molar-refractivity contribution in [1.29, 1.82) is 0 Å². The molecule has 2 aliphatic rings. The average molecular weight is 261 g/mol. The van der Waals surface area contributed by atoms with Crippen LogP contribution in [0.4, 0.5) is 8.78 Å². The highest BCUT2D eigenvalue weighted by atomic mass is 19.3. The Morgan fingerprint density at radius 3 is 2.61 bits per heavy atom. The molecule has 1 saturated heterocycles. The SMILES string of the molecule is CC1CCC(NCC2CC(F)(F)C(=O)O2)CC1C. The van der Waals surface area contributed by atoms with Crippen LogP contribution >= 0.6 is 0 Å². The third kappa shape index (κ3) is 2.99. The molecule has 0 amide bonds. The first-order valence-corrected chi connectivity index (χ1v) is 6.71. The van der Waals surface area contributed by atoms with Gasteiger partial charge in [-0.15, -0.1) is 0 Å². The van der Waals surface area contributed by atoms with E-state index in [-0.39, 0.29) is 0 Å². The van der Waals surface area contributed by atoms with Gasteiger partial charge in [0.15, 0.2) is 0 Å². The van der Waals surface area contributed by atoms with Gasteiger partial charge in [0.25, 0.3) is 0 Å². The molecule has 18 heavy (non-hydrogen) atoms. The summed E-state index contributed by atoms with van der Waals surface area (Å²) in [6.07, 6.45) is 2.14. The number of carbonyl (C=O) groups is 1. The van der Waals surface area contributed by atoms with Crippen LogP contribution in [0.5, 0.6) is 0 Å². The smallest absolute Gasteiger partial charge is 0.377 e. The molecule has 2 rings (SSSR count). The van der Waals surface area contributed by atoms with E-state index in [2.05, 4.69) is 23.9 Å². The molecule has 5 heteroatoms. The molecule has 0 radical (unpaired) electrons. The maximum atomic E-state index is 13.0. The van der Waals surface area contributed by atoms with Crippen molar-refractivity contribution < 1.29 is 18.3 Å². The summed E-state index contributed by atoms with van der Waals surface area (Å²) in [6, 6.07) is 0.365. The average Bonchev–Trinajstić information content (AvgIpc) is 2.55. The Labute approximate surface area is 106 Å². The first-order valence-electron chi connectivity index (χ1n) is 6.71. The standard InChI is InChI=1S/C13H21F2NO2/c1-8-3-4-10(5-9(8)2)16-7-11-6-13(14,15)12(17)18-11/h8-11,16H,3-7H2,1-2H3. The highest BCUT2D eigenvalue weighted by Crippen LogP contribution is 2.32. The summed E-state index contributed by atoms with van der Waals surface area (Å²) >= 11 is 0. The minimum Gasteiger partial charge on any atom is -0.456 e. The molecule has 4 atom stereocenters. The molecular weight excluding hydrogens is 240 g/mol. The van der Waals surface area contributed by atoms with Crippen LogP contribution in [-0.4, -0.2) is 30.6 Å². The lowest BCUT2D eigenvalue weighted by atomic mass is 9.79. The van der Waals surface area contributed by atoms with Crippen LogP contribution in [0.1, 0.15) is 39.5 Å². The van der Waals surface area contributed by atoms with Gasteiger partial charge in [-0.25, -0.2) is 4.79 Å². The quantitative estimate of drug-likeness (QED) is 0.793.